The largest absolute Gasteiger partial charge is 0.481 e. The van der Waals surface area contributed by atoms with Gasteiger partial charge in [0.1, 0.15) is 11.6 Å². The predicted octanol–water partition coefficient (Wildman–Crippen LogP) is 2.88. The van der Waals surface area contributed by atoms with E-state index in [0.717, 1.165) is 12.1 Å². The van der Waals surface area contributed by atoms with Gasteiger partial charge >= 0.3 is 5.97 Å². The van der Waals surface area contributed by atoms with Gasteiger partial charge in [0.2, 0.25) is 0 Å². The topological polar surface area (TPSA) is 37.3 Å². The van der Waals surface area contributed by atoms with Crippen LogP contribution in [0.3, 0.4) is 0 Å². The van der Waals surface area contributed by atoms with Crippen LogP contribution in [0.15, 0.2) is 30.9 Å². The van der Waals surface area contributed by atoms with Crippen molar-refractivity contribution < 1.29 is 18.7 Å². The van der Waals surface area contributed by atoms with Gasteiger partial charge in [-0.15, -0.1) is 6.58 Å². The van der Waals surface area contributed by atoms with Crippen molar-refractivity contribution in [2.24, 2.45) is 0 Å². The van der Waals surface area contributed by atoms with Gasteiger partial charge < -0.3 is 5.11 Å². The van der Waals surface area contributed by atoms with E-state index >= 15 is 0 Å². The van der Waals surface area contributed by atoms with Gasteiger partial charge in [0.25, 0.3) is 0 Å². The number of hydrogen-bond donors (Lipinski definition) is 1. The summed E-state index contributed by atoms with van der Waals surface area (Å²) in [6.07, 6.45) is 1.29. The van der Waals surface area contributed by atoms with Crippen molar-refractivity contribution >= 4 is 5.97 Å². The van der Waals surface area contributed by atoms with Gasteiger partial charge in [-0.2, -0.15) is 0 Å². The van der Waals surface area contributed by atoms with Gasteiger partial charge in [-0.1, -0.05) is 12.1 Å². The Kier molecular flexibility index (Phi) is 3.42. The fourth-order valence-electron chi connectivity index (χ4n) is 1.61. The third-order valence-corrected chi connectivity index (χ3v) is 2.54. The fraction of sp³-hybridized carbons (Fsp3) is 0.250. The second kappa shape index (κ2) is 4.43. The lowest BCUT2D eigenvalue weighted by Gasteiger charge is -2.24. The van der Waals surface area contributed by atoms with Gasteiger partial charge in [0, 0.05) is 5.56 Å². The molecule has 1 atom stereocenters. The van der Waals surface area contributed by atoms with Crippen molar-refractivity contribution in [3.63, 3.8) is 0 Å². The Morgan fingerprint density at radius 3 is 2.38 bits per heavy atom. The molecule has 4 heteroatoms. The first-order valence-electron chi connectivity index (χ1n) is 4.72. The zero-order chi connectivity index (χ0) is 12.3. The van der Waals surface area contributed by atoms with Crippen LogP contribution in [-0.4, -0.2) is 11.1 Å². The van der Waals surface area contributed by atoms with Crippen LogP contribution in [0.4, 0.5) is 8.78 Å². The van der Waals surface area contributed by atoms with Crippen LogP contribution in [0, 0.1) is 11.6 Å². The third-order valence-electron chi connectivity index (χ3n) is 2.54. The molecule has 0 bridgehead atoms. The molecule has 0 heterocycles. The minimum atomic E-state index is -1.63. The predicted molar refractivity (Wildman–Crippen MR) is 56.2 cm³/mol. The fourth-order valence-corrected chi connectivity index (χ4v) is 1.61. The molecule has 16 heavy (non-hydrogen) atoms. The zero-order valence-electron chi connectivity index (χ0n) is 8.84. The smallest absolute Gasteiger partial charge is 0.314 e. The lowest BCUT2D eigenvalue weighted by molar-refractivity contribution is -0.143. The summed E-state index contributed by atoms with van der Waals surface area (Å²) in [6, 6.07) is 3.29. The summed E-state index contributed by atoms with van der Waals surface area (Å²) in [7, 11) is 0. The van der Waals surface area contributed by atoms with Gasteiger partial charge in [-0.05, 0) is 25.5 Å². The number of carboxylic acid groups (broad SMARTS) is 1. The summed E-state index contributed by atoms with van der Waals surface area (Å²) in [5, 5.41) is 9.08. The zero-order valence-corrected chi connectivity index (χ0v) is 8.84. The first-order chi connectivity index (χ1) is 7.43. The van der Waals surface area contributed by atoms with E-state index < -0.39 is 28.6 Å². The molecule has 0 aliphatic heterocycles. The summed E-state index contributed by atoms with van der Waals surface area (Å²) < 4.78 is 27.0. The summed E-state index contributed by atoms with van der Waals surface area (Å²) in [6.45, 7) is 4.68. The van der Waals surface area contributed by atoms with E-state index in [2.05, 4.69) is 6.58 Å². The van der Waals surface area contributed by atoms with Gasteiger partial charge in [-0.25, -0.2) is 8.78 Å². The Morgan fingerprint density at radius 1 is 1.50 bits per heavy atom. The lowest BCUT2D eigenvalue weighted by atomic mass is 9.79. The molecule has 2 nitrogen and oxygen atoms in total. The molecule has 1 aromatic carbocycles. The van der Waals surface area contributed by atoms with Crippen LogP contribution in [0.2, 0.25) is 0 Å². The van der Waals surface area contributed by atoms with Crippen molar-refractivity contribution in [3.8, 4) is 0 Å². The molecule has 86 valence electrons. The minimum Gasteiger partial charge on any atom is -0.481 e. The summed E-state index contributed by atoms with van der Waals surface area (Å²) in [4.78, 5) is 11.1. The maximum Gasteiger partial charge on any atom is 0.314 e. The number of carboxylic acids is 1. The van der Waals surface area contributed by atoms with Crippen molar-refractivity contribution in [1.29, 1.82) is 0 Å². The van der Waals surface area contributed by atoms with E-state index in [1.165, 1.54) is 19.1 Å². The molecule has 0 amide bonds. The van der Waals surface area contributed by atoms with Crippen LogP contribution < -0.4 is 0 Å². The SMILES string of the molecule is C=CCC(C)(C(=O)O)c1c(F)cccc1F. The Bertz CT molecular complexity index is 409. The number of benzene rings is 1. The molecule has 0 saturated heterocycles. The van der Waals surface area contributed by atoms with Crippen LogP contribution >= 0.6 is 0 Å². The monoisotopic (exact) mass is 226 g/mol. The molecule has 0 fully saturated rings. The molecule has 0 saturated carbocycles. The second-order valence-electron chi connectivity index (χ2n) is 3.73. The highest BCUT2D eigenvalue weighted by Crippen LogP contribution is 2.32. The van der Waals surface area contributed by atoms with Crippen molar-refractivity contribution in [2.45, 2.75) is 18.8 Å². The normalized spacial score (nSPS) is 14.2. The average molecular weight is 226 g/mol. The second-order valence-corrected chi connectivity index (χ2v) is 3.73. The van der Waals surface area contributed by atoms with E-state index in [9.17, 15) is 13.6 Å². The number of allylic oxidation sites excluding steroid dienone is 1. The van der Waals surface area contributed by atoms with Crippen molar-refractivity contribution in [1.82, 2.24) is 0 Å². The van der Waals surface area contributed by atoms with E-state index in [-0.39, 0.29) is 6.42 Å². The molecule has 0 radical (unpaired) electrons. The summed E-state index contributed by atoms with van der Waals surface area (Å²) in [5.41, 5.74) is -2.06. The van der Waals surface area contributed by atoms with Gasteiger partial charge in [0.05, 0.1) is 5.41 Å². The Hall–Kier alpha value is -1.71. The number of hydrogen-bond acceptors (Lipinski definition) is 1. The molecule has 1 N–H and O–H groups in total. The molecule has 0 spiro atoms. The molecule has 0 aromatic heterocycles. The molecule has 0 aliphatic rings. The van der Waals surface area contributed by atoms with Crippen molar-refractivity contribution in [3.05, 3.63) is 48.1 Å². The number of aliphatic carboxylic acids is 1. The van der Waals surface area contributed by atoms with Crippen LogP contribution in [0.5, 0.6) is 0 Å². The van der Waals surface area contributed by atoms with E-state index in [0.29, 0.717) is 0 Å². The van der Waals surface area contributed by atoms with Crippen LogP contribution in [0.25, 0.3) is 0 Å². The van der Waals surface area contributed by atoms with E-state index in [1.54, 1.807) is 0 Å². The maximum absolute atomic E-state index is 13.5. The highest BCUT2D eigenvalue weighted by molar-refractivity contribution is 5.81. The number of rotatable bonds is 4. The van der Waals surface area contributed by atoms with Crippen LogP contribution in [0.1, 0.15) is 18.9 Å². The van der Waals surface area contributed by atoms with Crippen LogP contribution in [-0.2, 0) is 10.2 Å². The summed E-state index contributed by atoms with van der Waals surface area (Å²) >= 11 is 0. The summed E-state index contributed by atoms with van der Waals surface area (Å²) in [5.74, 6) is -2.99. The minimum absolute atomic E-state index is 0.0415. The maximum atomic E-state index is 13.5. The quantitative estimate of drug-likeness (QED) is 0.801. The first-order valence-corrected chi connectivity index (χ1v) is 4.72. The molecule has 1 aromatic rings. The third kappa shape index (κ3) is 1.96. The molecule has 1 unspecified atom stereocenters. The lowest BCUT2D eigenvalue weighted by Crippen LogP contribution is -2.34. The Morgan fingerprint density at radius 2 is 2.00 bits per heavy atom. The van der Waals surface area contributed by atoms with E-state index in [1.807, 2.05) is 0 Å². The highest BCUT2D eigenvalue weighted by Gasteiger charge is 2.38. The Labute approximate surface area is 92.2 Å². The average Bonchev–Trinajstić information content (AvgIpc) is 2.17. The Balaban J connectivity index is 3.42. The molecular formula is C12H12F2O2. The molecular weight excluding hydrogens is 214 g/mol. The molecule has 0 aliphatic carbocycles. The molecule has 1 rings (SSSR count). The van der Waals surface area contributed by atoms with Crippen molar-refractivity contribution in [2.75, 3.05) is 0 Å². The first kappa shape index (κ1) is 12.4. The van der Waals surface area contributed by atoms with E-state index in [4.69, 9.17) is 5.11 Å². The van der Waals surface area contributed by atoms with Gasteiger partial charge in [0.15, 0.2) is 0 Å². The number of halogens is 2. The standard InChI is InChI=1S/C12H12F2O2/c1-3-7-12(2,11(15)16)10-8(13)5-4-6-9(10)14/h3-6H,1,7H2,2H3,(H,15,16). The van der Waals surface area contributed by atoms with Gasteiger partial charge in [-0.3, -0.25) is 4.79 Å². The number of carbonyl (C=O) groups is 1. The highest BCUT2D eigenvalue weighted by atomic mass is 19.1.